The highest BCUT2D eigenvalue weighted by Gasteiger charge is 2.02. The highest BCUT2D eigenvalue weighted by Crippen LogP contribution is 2.17. The van der Waals surface area contributed by atoms with Gasteiger partial charge in [0, 0.05) is 18.4 Å². The van der Waals surface area contributed by atoms with E-state index in [1.165, 1.54) is 0 Å². The van der Waals surface area contributed by atoms with Crippen molar-refractivity contribution in [3.63, 3.8) is 0 Å². The van der Waals surface area contributed by atoms with Gasteiger partial charge in [0.2, 0.25) is 0 Å². The highest BCUT2D eigenvalue weighted by molar-refractivity contribution is 5.77. The van der Waals surface area contributed by atoms with Crippen molar-refractivity contribution in [1.82, 2.24) is 0 Å². The minimum absolute atomic E-state index is 0.0237. The van der Waals surface area contributed by atoms with Crippen LogP contribution >= 0.6 is 0 Å². The maximum atomic E-state index is 11.1. The van der Waals surface area contributed by atoms with Crippen molar-refractivity contribution < 1.29 is 14.6 Å². The van der Waals surface area contributed by atoms with E-state index in [4.69, 9.17) is 9.84 Å². The van der Waals surface area contributed by atoms with Crippen molar-refractivity contribution in [3.8, 4) is 5.75 Å². The molecule has 0 fully saturated rings. The number of aliphatic hydroxyl groups excluding tert-OH is 1. The summed E-state index contributed by atoms with van der Waals surface area (Å²) in [6.07, 6.45) is 1.89. The topological polar surface area (TPSA) is 46.5 Å². The monoisotopic (exact) mass is 222 g/mol. The zero-order chi connectivity index (χ0) is 11.8. The molecular formula is C13H18O3. The van der Waals surface area contributed by atoms with Gasteiger partial charge in [0.1, 0.15) is 11.5 Å². The molecular weight excluding hydrogens is 204 g/mol. The Bertz CT molecular complexity index is 334. The van der Waals surface area contributed by atoms with E-state index in [2.05, 4.69) is 0 Å². The summed E-state index contributed by atoms with van der Waals surface area (Å²) in [5.74, 6) is 0.966. The fourth-order valence-corrected chi connectivity index (χ4v) is 1.40. The molecule has 1 rings (SSSR count). The van der Waals surface area contributed by atoms with Gasteiger partial charge in [0.25, 0.3) is 0 Å². The van der Waals surface area contributed by atoms with Crippen LogP contribution in [0.25, 0.3) is 0 Å². The van der Waals surface area contributed by atoms with Crippen LogP contribution in [-0.4, -0.2) is 17.5 Å². The molecule has 0 atom stereocenters. The first kappa shape index (κ1) is 12.7. The van der Waals surface area contributed by atoms with E-state index in [1.54, 1.807) is 0 Å². The molecule has 0 aliphatic rings. The maximum absolute atomic E-state index is 11.1. The summed E-state index contributed by atoms with van der Waals surface area (Å²) in [7, 11) is 0. The number of hydrogen-bond acceptors (Lipinski definition) is 3. The predicted molar refractivity (Wildman–Crippen MR) is 62.4 cm³/mol. The van der Waals surface area contributed by atoms with Crippen LogP contribution in [0.3, 0.4) is 0 Å². The molecule has 3 heteroatoms. The summed E-state index contributed by atoms with van der Waals surface area (Å²) in [6.45, 7) is 2.36. The normalized spacial score (nSPS) is 10.1. The molecule has 1 aromatic carbocycles. The summed E-state index contributed by atoms with van der Waals surface area (Å²) in [6, 6.07) is 7.38. The lowest BCUT2D eigenvalue weighted by atomic mass is 10.2. The first-order valence-corrected chi connectivity index (χ1v) is 5.61. The van der Waals surface area contributed by atoms with Crippen molar-refractivity contribution >= 4 is 5.78 Å². The summed E-state index contributed by atoms with van der Waals surface area (Å²) >= 11 is 0. The van der Waals surface area contributed by atoms with Gasteiger partial charge in [0.05, 0.1) is 13.2 Å². The van der Waals surface area contributed by atoms with Gasteiger partial charge < -0.3 is 9.84 Å². The number of para-hydroxylation sites is 1. The van der Waals surface area contributed by atoms with Gasteiger partial charge >= 0.3 is 0 Å². The molecule has 0 radical (unpaired) electrons. The lowest BCUT2D eigenvalue weighted by Crippen LogP contribution is -2.03. The first-order chi connectivity index (χ1) is 7.77. The Hall–Kier alpha value is -1.35. The molecule has 1 aromatic rings. The van der Waals surface area contributed by atoms with E-state index >= 15 is 0 Å². The summed E-state index contributed by atoms with van der Waals surface area (Å²) in [5, 5.41) is 9.07. The molecule has 0 bridgehead atoms. The van der Waals surface area contributed by atoms with E-state index in [0.717, 1.165) is 12.0 Å². The SMILES string of the molecule is CCC(=O)CCCOc1ccccc1CO. The van der Waals surface area contributed by atoms with Crippen LogP contribution in [0.4, 0.5) is 0 Å². The predicted octanol–water partition coefficient (Wildman–Crippen LogP) is 2.32. The molecule has 0 aliphatic carbocycles. The number of aliphatic hydroxyl groups is 1. The molecule has 0 amide bonds. The molecule has 3 nitrogen and oxygen atoms in total. The Morgan fingerprint density at radius 3 is 2.81 bits per heavy atom. The number of rotatable bonds is 7. The van der Waals surface area contributed by atoms with Gasteiger partial charge in [-0.25, -0.2) is 0 Å². The summed E-state index contributed by atoms with van der Waals surface area (Å²) < 4.78 is 5.51. The molecule has 88 valence electrons. The second-order valence-corrected chi connectivity index (χ2v) is 3.61. The lowest BCUT2D eigenvalue weighted by Gasteiger charge is -2.09. The van der Waals surface area contributed by atoms with Crippen molar-refractivity contribution in [2.24, 2.45) is 0 Å². The fourth-order valence-electron chi connectivity index (χ4n) is 1.40. The molecule has 16 heavy (non-hydrogen) atoms. The zero-order valence-electron chi connectivity index (χ0n) is 9.61. The third kappa shape index (κ3) is 4.03. The molecule has 0 aromatic heterocycles. The second kappa shape index (κ2) is 7.01. The van der Waals surface area contributed by atoms with Gasteiger partial charge in [-0.3, -0.25) is 4.79 Å². The van der Waals surface area contributed by atoms with Gasteiger partial charge in [0.15, 0.2) is 0 Å². The quantitative estimate of drug-likeness (QED) is 0.720. The Kier molecular flexibility index (Phi) is 5.57. The summed E-state index contributed by atoms with van der Waals surface area (Å²) in [4.78, 5) is 11.1. The van der Waals surface area contributed by atoms with E-state index in [9.17, 15) is 4.79 Å². The number of benzene rings is 1. The molecule has 0 saturated carbocycles. The van der Waals surface area contributed by atoms with Crippen molar-refractivity contribution in [2.75, 3.05) is 6.61 Å². The molecule has 1 N–H and O–H groups in total. The average Bonchev–Trinajstić information content (AvgIpc) is 2.34. The van der Waals surface area contributed by atoms with Gasteiger partial charge in [-0.15, -0.1) is 0 Å². The first-order valence-electron chi connectivity index (χ1n) is 5.61. The number of carbonyl (C=O) groups is 1. The van der Waals surface area contributed by atoms with E-state index in [1.807, 2.05) is 31.2 Å². The second-order valence-electron chi connectivity index (χ2n) is 3.61. The van der Waals surface area contributed by atoms with Crippen LogP contribution < -0.4 is 4.74 Å². The van der Waals surface area contributed by atoms with Crippen molar-refractivity contribution in [3.05, 3.63) is 29.8 Å². The lowest BCUT2D eigenvalue weighted by molar-refractivity contribution is -0.118. The third-order valence-corrected chi connectivity index (χ3v) is 2.39. The molecule has 0 saturated heterocycles. The molecule has 0 aliphatic heterocycles. The molecule has 0 spiro atoms. The van der Waals surface area contributed by atoms with E-state index in [0.29, 0.717) is 25.2 Å². The van der Waals surface area contributed by atoms with Gasteiger partial charge in [-0.05, 0) is 12.5 Å². The van der Waals surface area contributed by atoms with E-state index < -0.39 is 0 Å². The zero-order valence-corrected chi connectivity index (χ0v) is 9.61. The Labute approximate surface area is 96.1 Å². The third-order valence-electron chi connectivity index (χ3n) is 2.39. The summed E-state index contributed by atoms with van der Waals surface area (Å²) in [5.41, 5.74) is 0.782. The molecule has 0 heterocycles. The highest BCUT2D eigenvalue weighted by atomic mass is 16.5. The Morgan fingerprint density at radius 2 is 2.12 bits per heavy atom. The van der Waals surface area contributed by atoms with Crippen LogP contribution in [0.5, 0.6) is 5.75 Å². The van der Waals surface area contributed by atoms with Crippen molar-refractivity contribution in [1.29, 1.82) is 0 Å². The van der Waals surface area contributed by atoms with Gasteiger partial charge in [-0.2, -0.15) is 0 Å². The van der Waals surface area contributed by atoms with Crippen LogP contribution in [0.2, 0.25) is 0 Å². The smallest absolute Gasteiger partial charge is 0.132 e. The average molecular weight is 222 g/mol. The number of Topliss-reactive ketones (excluding diaryl/α,β-unsaturated/α-hetero) is 1. The number of ether oxygens (including phenoxy) is 1. The van der Waals surface area contributed by atoms with Crippen LogP contribution in [0.1, 0.15) is 31.7 Å². The minimum Gasteiger partial charge on any atom is -0.493 e. The van der Waals surface area contributed by atoms with Crippen LogP contribution in [0, 0.1) is 0 Å². The minimum atomic E-state index is -0.0237. The largest absolute Gasteiger partial charge is 0.493 e. The van der Waals surface area contributed by atoms with Crippen LogP contribution in [-0.2, 0) is 11.4 Å². The number of ketones is 1. The molecule has 0 unspecified atom stereocenters. The number of hydrogen-bond donors (Lipinski definition) is 1. The van der Waals surface area contributed by atoms with E-state index in [-0.39, 0.29) is 12.4 Å². The number of carbonyl (C=O) groups excluding carboxylic acids is 1. The van der Waals surface area contributed by atoms with Crippen LogP contribution in [0.15, 0.2) is 24.3 Å². The maximum Gasteiger partial charge on any atom is 0.132 e. The fraction of sp³-hybridized carbons (Fsp3) is 0.462. The standard InChI is InChI=1S/C13H18O3/c1-2-12(15)7-5-9-16-13-8-4-3-6-11(13)10-14/h3-4,6,8,14H,2,5,7,9-10H2,1H3. The van der Waals surface area contributed by atoms with Gasteiger partial charge in [-0.1, -0.05) is 25.1 Å². The Balaban J connectivity index is 2.34. The Morgan fingerprint density at radius 1 is 1.38 bits per heavy atom. The van der Waals surface area contributed by atoms with Crippen molar-refractivity contribution in [2.45, 2.75) is 32.8 Å².